The van der Waals surface area contributed by atoms with Crippen molar-refractivity contribution in [1.29, 1.82) is 10.5 Å². The van der Waals surface area contributed by atoms with Gasteiger partial charge in [-0.15, -0.1) is 0 Å². The first kappa shape index (κ1) is 15.4. The zero-order valence-electron chi connectivity index (χ0n) is 13.0. The average molecular weight is 282 g/mol. The molecule has 3 nitrogen and oxygen atoms in total. The Morgan fingerprint density at radius 1 is 1.19 bits per heavy atom. The van der Waals surface area contributed by atoms with Gasteiger partial charge in [0.25, 0.3) is 0 Å². The van der Waals surface area contributed by atoms with E-state index in [9.17, 15) is 5.26 Å². The molecule has 3 atom stereocenters. The maximum atomic E-state index is 9.35. The first-order valence-corrected chi connectivity index (χ1v) is 7.50. The summed E-state index contributed by atoms with van der Waals surface area (Å²) in [6.45, 7) is 6.74. The Morgan fingerprint density at radius 2 is 1.95 bits per heavy atom. The van der Waals surface area contributed by atoms with Gasteiger partial charge in [0.2, 0.25) is 0 Å². The lowest BCUT2D eigenvalue weighted by Crippen LogP contribution is -2.37. The third kappa shape index (κ3) is 3.76. The molecular weight excluding hydrogens is 260 g/mol. The molecule has 1 aliphatic carbocycles. The summed E-state index contributed by atoms with van der Waals surface area (Å²) in [6.07, 6.45) is 2.79. The Balaban J connectivity index is 2.14. The zero-order valence-corrected chi connectivity index (χ0v) is 13.0. The van der Waals surface area contributed by atoms with Gasteiger partial charge < -0.3 is 4.74 Å². The average Bonchev–Trinajstić information content (AvgIpc) is 2.46. The molecule has 1 aromatic carbocycles. The van der Waals surface area contributed by atoms with Crippen LogP contribution in [0, 0.1) is 39.9 Å². The summed E-state index contributed by atoms with van der Waals surface area (Å²) in [7, 11) is 0. The molecule has 3 unspecified atom stereocenters. The molecule has 1 aromatic rings. The fraction of sp³-hybridized carbons (Fsp3) is 0.556. The van der Waals surface area contributed by atoms with Crippen LogP contribution in [-0.2, 0) is 0 Å². The number of hydrogen-bond acceptors (Lipinski definition) is 3. The second kappa shape index (κ2) is 6.19. The van der Waals surface area contributed by atoms with Crippen LogP contribution in [0.25, 0.3) is 0 Å². The van der Waals surface area contributed by atoms with Gasteiger partial charge in [0.15, 0.2) is 0 Å². The molecule has 1 aliphatic rings. The summed E-state index contributed by atoms with van der Waals surface area (Å²) in [5, 5.41) is 18.3. The smallest absolute Gasteiger partial charge is 0.121 e. The lowest BCUT2D eigenvalue weighted by atomic mass is 9.69. The maximum Gasteiger partial charge on any atom is 0.121 e. The van der Waals surface area contributed by atoms with Crippen LogP contribution in [0.5, 0.6) is 5.75 Å². The van der Waals surface area contributed by atoms with E-state index in [4.69, 9.17) is 10.00 Å². The molecular formula is C18H22N2O. The molecule has 2 rings (SSSR count). The normalized spacial score (nSPS) is 25.7. The predicted octanol–water partition coefficient (Wildman–Crippen LogP) is 4.29. The van der Waals surface area contributed by atoms with Gasteiger partial charge in [0, 0.05) is 0 Å². The topological polar surface area (TPSA) is 56.8 Å². The number of rotatable bonds is 2. The first-order valence-electron chi connectivity index (χ1n) is 7.50. The Morgan fingerprint density at radius 3 is 2.57 bits per heavy atom. The van der Waals surface area contributed by atoms with Crippen molar-refractivity contribution in [3.05, 3.63) is 29.8 Å². The summed E-state index contributed by atoms with van der Waals surface area (Å²) < 4.78 is 6.05. The third-order valence-corrected chi connectivity index (χ3v) is 4.43. The van der Waals surface area contributed by atoms with E-state index in [1.165, 1.54) is 0 Å². The summed E-state index contributed by atoms with van der Waals surface area (Å²) in [5.74, 6) is 1.19. The molecule has 0 N–H and O–H groups in total. The zero-order chi connectivity index (χ0) is 15.5. The summed E-state index contributed by atoms with van der Waals surface area (Å²) in [6, 6.07) is 11.7. The van der Waals surface area contributed by atoms with Crippen molar-refractivity contribution in [2.24, 2.45) is 17.3 Å². The molecule has 1 saturated carbocycles. The van der Waals surface area contributed by atoms with Crippen LogP contribution < -0.4 is 4.74 Å². The van der Waals surface area contributed by atoms with Crippen LogP contribution in [0.1, 0.15) is 45.6 Å². The Hall–Kier alpha value is -2.00. The van der Waals surface area contributed by atoms with Crippen LogP contribution in [-0.4, -0.2) is 6.10 Å². The minimum atomic E-state index is -0.0816. The van der Waals surface area contributed by atoms with E-state index in [0.717, 1.165) is 19.3 Å². The quantitative estimate of drug-likeness (QED) is 0.813. The van der Waals surface area contributed by atoms with E-state index in [2.05, 4.69) is 32.9 Å². The molecule has 0 bridgehead atoms. The molecule has 110 valence electrons. The fourth-order valence-electron chi connectivity index (χ4n) is 3.01. The molecule has 3 heteroatoms. The van der Waals surface area contributed by atoms with Crippen molar-refractivity contribution < 1.29 is 4.74 Å². The van der Waals surface area contributed by atoms with Gasteiger partial charge in [0.1, 0.15) is 11.9 Å². The van der Waals surface area contributed by atoms with Gasteiger partial charge in [-0.05, 0) is 48.8 Å². The van der Waals surface area contributed by atoms with E-state index in [1.807, 2.05) is 12.1 Å². The molecule has 0 saturated heterocycles. The van der Waals surface area contributed by atoms with Crippen molar-refractivity contribution in [3.63, 3.8) is 0 Å². The molecule has 0 aromatic heterocycles. The molecule has 0 aliphatic heterocycles. The highest BCUT2D eigenvalue weighted by atomic mass is 16.5. The lowest BCUT2D eigenvalue weighted by molar-refractivity contribution is 0.0493. The number of benzene rings is 1. The minimum absolute atomic E-state index is 0.0608. The standard InChI is InChI=1S/C18H22N2O/c1-18(2,3)15-8-7-14(12-20)17(10-15)21-16-6-4-5-13(9-16)11-19/h4-6,9,14-15,17H,7-8,10H2,1-3H3. The highest BCUT2D eigenvalue weighted by molar-refractivity contribution is 5.36. The lowest BCUT2D eigenvalue weighted by Gasteiger charge is -2.39. The van der Waals surface area contributed by atoms with Gasteiger partial charge in [0.05, 0.1) is 23.6 Å². The van der Waals surface area contributed by atoms with Gasteiger partial charge >= 0.3 is 0 Å². The van der Waals surface area contributed by atoms with E-state index < -0.39 is 0 Å². The Kier molecular flexibility index (Phi) is 4.53. The molecule has 1 fully saturated rings. The van der Waals surface area contributed by atoms with Gasteiger partial charge in [-0.3, -0.25) is 0 Å². The number of nitriles is 2. The SMILES string of the molecule is CC(C)(C)C1CCC(C#N)C(Oc2cccc(C#N)c2)C1. The van der Waals surface area contributed by atoms with E-state index in [0.29, 0.717) is 17.2 Å². The third-order valence-electron chi connectivity index (χ3n) is 4.43. The Labute approximate surface area is 127 Å². The van der Waals surface area contributed by atoms with E-state index in [-0.39, 0.29) is 17.4 Å². The van der Waals surface area contributed by atoms with Crippen LogP contribution in [0.15, 0.2) is 24.3 Å². The number of ether oxygens (including phenoxy) is 1. The largest absolute Gasteiger partial charge is 0.489 e. The fourth-order valence-corrected chi connectivity index (χ4v) is 3.01. The molecule has 21 heavy (non-hydrogen) atoms. The molecule has 0 radical (unpaired) electrons. The van der Waals surface area contributed by atoms with Gasteiger partial charge in [-0.2, -0.15) is 10.5 Å². The first-order chi connectivity index (χ1) is 9.94. The summed E-state index contributed by atoms with van der Waals surface area (Å²) in [5.41, 5.74) is 0.820. The second-order valence-corrected chi connectivity index (χ2v) is 6.91. The van der Waals surface area contributed by atoms with Crippen molar-refractivity contribution in [3.8, 4) is 17.9 Å². The van der Waals surface area contributed by atoms with Crippen LogP contribution in [0.2, 0.25) is 0 Å². The highest BCUT2D eigenvalue weighted by Gasteiger charge is 2.37. The minimum Gasteiger partial charge on any atom is -0.489 e. The molecule has 0 heterocycles. The van der Waals surface area contributed by atoms with Crippen molar-refractivity contribution in [2.45, 2.75) is 46.1 Å². The maximum absolute atomic E-state index is 9.35. The second-order valence-electron chi connectivity index (χ2n) is 6.91. The van der Waals surface area contributed by atoms with Gasteiger partial charge in [-0.25, -0.2) is 0 Å². The number of nitrogens with zero attached hydrogens (tertiary/aromatic N) is 2. The van der Waals surface area contributed by atoms with Crippen molar-refractivity contribution in [2.75, 3.05) is 0 Å². The van der Waals surface area contributed by atoms with E-state index in [1.54, 1.807) is 12.1 Å². The predicted molar refractivity (Wildman–Crippen MR) is 81.5 cm³/mol. The van der Waals surface area contributed by atoms with Crippen molar-refractivity contribution >= 4 is 0 Å². The van der Waals surface area contributed by atoms with Crippen LogP contribution in [0.3, 0.4) is 0 Å². The van der Waals surface area contributed by atoms with Crippen LogP contribution in [0.4, 0.5) is 0 Å². The molecule has 0 amide bonds. The van der Waals surface area contributed by atoms with E-state index >= 15 is 0 Å². The number of hydrogen-bond donors (Lipinski definition) is 0. The highest BCUT2D eigenvalue weighted by Crippen LogP contribution is 2.41. The summed E-state index contributed by atoms with van der Waals surface area (Å²) in [4.78, 5) is 0. The van der Waals surface area contributed by atoms with Crippen molar-refractivity contribution in [1.82, 2.24) is 0 Å². The van der Waals surface area contributed by atoms with Crippen LogP contribution >= 0.6 is 0 Å². The molecule has 0 spiro atoms. The van der Waals surface area contributed by atoms with Gasteiger partial charge in [-0.1, -0.05) is 26.8 Å². The monoisotopic (exact) mass is 282 g/mol. The summed E-state index contributed by atoms with van der Waals surface area (Å²) >= 11 is 0. The Bertz CT molecular complexity index is 574.